The van der Waals surface area contributed by atoms with Gasteiger partial charge in [0.25, 0.3) is 11.8 Å². The summed E-state index contributed by atoms with van der Waals surface area (Å²) in [6, 6.07) is 15.9. The second kappa shape index (κ2) is 7.70. The molecule has 1 saturated heterocycles. The maximum atomic E-state index is 13.0. The highest BCUT2D eigenvalue weighted by atomic mass is 16.2. The lowest BCUT2D eigenvalue weighted by Gasteiger charge is -2.33. The Labute approximate surface area is 170 Å². The van der Waals surface area contributed by atoms with E-state index in [4.69, 9.17) is 0 Å². The molecule has 1 spiro atoms. The van der Waals surface area contributed by atoms with Gasteiger partial charge in [0.15, 0.2) is 0 Å². The lowest BCUT2D eigenvalue weighted by molar-refractivity contribution is -0.133. The van der Waals surface area contributed by atoms with Crippen molar-refractivity contribution in [1.29, 1.82) is 0 Å². The molecule has 0 atom stereocenters. The average Bonchev–Trinajstić information content (AvgIpc) is 2.95. The minimum absolute atomic E-state index is 0.145. The van der Waals surface area contributed by atoms with Crippen LogP contribution in [-0.2, 0) is 11.3 Å². The van der Waals surface area contributed by atoms with Crippen molar-refractivity contribution in [2.45, 2.75) is 44.7 Å². The first-order valence-electron chi connectivity index (χ1n) is 10.1. The van der Waals surface area contributed by atoms with Gasteiger partial charge in [-0.2, -0.15) is 0 Å². The minimum Gasteiger partial charge on any atom is -0.323 e. The first-order valence-corrected chi connectivity index (χ1v) is 10.1. The number of hydrogen-bond acceptors (Lipinski definition) is 3. The molecule has 4 amide bonds. The normalized spacial score (nSPS) is 23.9. The van der Waals surface area contributed by atoms with E-state index < -0.39 is 5.54 Å². The van der Waals surface area contributed by atoms with Crippen LogP contribution in [0.3, 0.4) is 0 Å². The number of hydrogen-bond donors (Lipinski definition) is 2. The van der Waals surface area contributed by atoms with Crippen LogP contribution in [0.25, 0.3) is 0 Å². The first-order chi connectivity index (χ1) is 14.0. The number of nitrogens with one attached hydrogen (secondary N) is 2. The molecule has 2 aromatic carbocycles. The van der Waals surface area contributed by atoms with Gasteiger partial charge in [-0.3, -0.25) is 14.5 Å². The Morgan fingerprint density at radius 1 is 1.10 bits per heavy atom. The molecule has 2 fully saturated rings. The van der Waals surface area contributed by atoms with E-state index in [0.29, 0.717) is 30.0 Å². The van der Waals surface area contributed by atoms with Crippen molar-refractivity contribution in [3.63, 3.8) is 0 Å². The van der Waals surface area contributed by atoms with Crippen LogP contribution in [-0.4, -0.2) is 28.3 Å². The third-order valence-corrected chi connectivity index (χ3v) is 5.94. The number of benzene rings is 2. The summed E-state index contributed by atoms with van der Waals surface area (Å²) in [5, 5.41) is 5.79. The van der Waals surface area contributed by atoms with Gasteiger partial charge in [0.05, 0.1) is 6.54 Å². The van der Waals surface area contributed by atoms with Gasteiger partial charge < -0.3 is 10.6 Å². The molecule has 6 heteroatoms. The fourth-order valence-electron chi connectivity index (χ4n) is 4.13. The van der Waals surface area contributed by atoms with Crippen molar-refractivity contribution in [2.75, 3.05) is 5.32 Å². The number of anilines is 1. The fraction of sp³-hybridized carbons (Fsp3) is 0.348. The maximum Gasteiger partial charge on any atom is 0.325 e. The summed E-state index contributed by atoms with van der Waals surface area (Å²) < 4.78 is 0. The van der Waals surface area contributed by atoms with Crippen molar-refractivity contribution in [3.05, 3.63) is 65.7 Å². The highest BCUT2D eigenvalue weighted by Gasteiger charge is 2.51. The summed E-state index contributed by atoms with van der Waals surface area (Å²) in [6.07, 6.45) is 3.26. The van der Waals surface area contributed by atoms with Gasteiger partial charge in [0.1, 0.15) is 5.54 Å². The smallest absolute Gasteiger partial charge is 0.323 e. The SMILES string of the molecule is CC1CCC2(CC1)NC(=O)N(Cc1cccc(C(=O)Nc3ccccc3)c1)C2=O. The summed E-state index contributed by atoms with van der Waals surface area (Å²) in [5.74, 6) is 0.209. The highest BCUT2D eigenvalue weighted by molar-refractivity contribution is 6.07. The lowest BCUT2D eigenvalue weighted by Crippen LogP contribution is -2.49. The zero-order chi connectivity index (χ0) is 20.4. The zero-order valence-corrected chi connectivity index (χ0v) is 16.5. The number of urea groups is 1. The first kappa shape index (κ1) is 19.2. The Morgan fingerprint density at radius 3 is 2.55 bits per heavy atom. The molecule has 2 aliphatic rings. The van der Waals surface area contributed by atoms with Crippen LogP contribution in [0.4, 0.5) is 10.5 Å². The maximum absolute atomic E-state index is 13.0. The summed E-state index contributed by atoms with van der Waals surface area (Å²) in [7, 11) is 0. The molecule has 1 saturated carbocycles. The van der Waals surface area contributed by atoms with Gasteiger partial charge in [0, 0.05) is 11.3 Å². The van der Waals surface area contributed by atoms with Crippen LogP contribution in [0.2, 0.25) is 0 Å². The summed E-state index contributed by atoms with van der Waals surface area (Å²) in [5.41, 5.74) is 1.20. The molecule has 2 N–H and O–H groups in total. The largest absolute Gasteiger partial charge is 0.325 e. The van der Waals surface area contributed by atoms with E-state index in [9.17, 15) is 14.4 Å². The second-order valence-electron chi connectivity index (χ2n) is 8.11. The summed E-state index contributed by atoms with van der Waals surface area (Å²) >= 11 is 0. The number of imide groups is 1. The predicted molar refractivity (Wildman–Crippen MR) is 110 cm³/mol. The quantitative estimate of drug-likeness (QED) is 0.775. The van der Waals surface area contributed by atoms with E-state index in [1.165, 1.54) is 4.90 Å². The molecular weight excluding hydrogens is 366 g/mol. The van der Waals surface area contributed by atoms with E-state index in [1.807, 2.05) is 36.4 Å². The van der Waals surface area contributed by atoms with Gasteiger partial charge in [-0.1, -0.05) is 37.3 Å². The van der Waals surface area contributed by atoms with Crippen LogP contribution in [0.15, 0.2) is 54.6 Å². The molecule has 0 unspecified atom stereocenters. The number of rotatable bonds is 4. The Balaban J connectivity index is 1.47. The van der Waals surface area contributed by atoms with Gasteiger partial charge in [-0.05, 0) is 61.4 Å². The summed E-state index contributed by atoms with van der Waals surface area (Å²) in [6.45, 7) is 2.34. The Hall–Kier alpha value is -3.15. The third-order valence-electron chi connectivity index (χ3n) is 5.94. The van der Waals surface area contributed by atoms with Gasteiger partial charge in [-0.15, -0.1) is 0 Å². The number of para-hydroxylation sites is 1. The van der Waals surface area contributed by atoms with Crippen molar-refractivity contribution in [1.82, 2.24) is 10.2 Å². The lowest BCUT2D eigenvalue weighted by atomic mass is 9.77. The van der Waals surface area contributed by atoms with E-state index in [2.05, 4.69) is 17.6 Å². The van der Waals surface area contributed by atoms with Gasteiger partial charge >= 0.3 is 6.03 Å². The van der Waals surface area contributed by atoms with Crippen molar-refractivity contribution in [3.8, 4) is 0 Å². The Kier molecular flexibility index (Phi) is 5.09. The van der Waals surface area contributed by atoms with Crippen LogP contribution in [0.5, 0.6) is 0 Å². The van der Waals surface area contributed by atoms with E-state index in [1.54, 1.807) is 18.2 Å². The summed E-state index contributed by atoms with van der Waals surface area (Å²) in [4.78, 5) is 39.4. The molecule has 4 rings (SSSR count). The Bertz CT molecular complexity index is 933. The molecule has 0 radical (unpaired) electrons. The fourth-order valence-corrected chi connectivity index (χ4v) is 4.13. The van der Waals surface area contributed by atoms with Crippen LogP contribution in [0.1, 0.15) is 48.5 Å². The van der Waals surface area contributed by atoms with E-state index in [0.717, 1.165) is 18.4 Å². The molecule has 1 heterocycles. The average molecular weight is 391 g/mol. The molecule has 150 valence electrons. The zero-order valence-electron chi connectivity index (χ0n) is 16.5. The van der Waals surface area contributed by atoms with Crippen molar-refractivity contribution in [2.24, 2.45) is 5.92 Å². The van der Waals surface area contributed by atoms with E-state index in [-0.39, 0.29) is 24.4 Å². The molecule has 1 aliphatic carbocycles. The Morgan fingerprint density at radius 2 is 1.83 bits per heavy atom. The molecule has 29 heavy (non-hydrogen) atoms. The molecule has 0 bridgehead atoms. The number of amides is 4. The molecule has 6 nitrogen and oxygen atoms in total. The van der Waals surface area contributed by atoms with Gasteiger partial charge in [-0.25, -0.2) is 4.79 Å². The second-order valence-corrected chi connectivity index (χ2v) is 8.11. The number of nitrogens with zero attached hydrogens (tertiary/aromatic N) is 1. The third kappa shape index (κ3) is 3.88. The van der Waals surface area contributed by atoms with Crippen LogP contribution in [0, 0.1) is 5.92 Å². The topological polar surface area (TPSA) is 78.5 Å². The predicted octanol–water partition coefficient (Wildman–Crippen LogP) is 3.94. The van der Waals surface area contributed by atoms with E-state index >= 15 is 0 Å². The van der Waals surface area contributed by atoms with Crippen molar-refractivity contribution >= 4 is 23.5 Å². The van der Waals surface area contributed by atoms with Gasteiger partial charge in [0.2, 0.25) is 0 Å². The number of carbonyl (C=O) groups is 3. The monoisotopic (exact) mass is 391 g/mol. The van der Waals surface area contributed by atoms with Crippen molar-refractivity contribution < 1.29 is 14.4 Å². The highest BCUT2D eigenvalue weighted by Crippen LogP contribution is 2.36. The standard InChI is InChI=1S/C23H25N3O3/c1-16-10-12-23(13-11-16)21(28)26(22(29)25-23)15-17-6-5-7-18(14-17)20(27)24-19-8-3-2-4-9-19/h2-9,14,16H,10-13,15H2,1H3,(H,24,27)(H,25,29). The van der Waals surface area contributed by atoms with Crippen LogP contribution >= 0.6 is 0 Å². The minimum atomic E-state index is -0.744. The number of carbonyl (C=O) groups excluding carboxylic acids is 3. The molecule has 2 aromatic rings. The molecular formula is C23H25N3O3. The molecule has 0 aromatic heterocycles. The molecule has 1 aliphatic heterocycles. The van der Waals surface area contributed by atoms with Crippen LogP contribution < -0.4 is 10.6 Å².